The second-order valence-electron chi connectivity index (χ2n) is 6.56. The quantitative estimate of drug-likeness (QED) is 0.382. The van der Waals surface area contributed by atoms with Crippen molar-refractivity contribution in [2.75, 3.05) is 11.9 Å². The van der Waals surface area contributed by atoms with Gasteiger partial charge in [-0.1, -0.05) is 12.1 Å². The molecule has 0 atom stereocenters. The lowest BCUT2D eigenvalue weighted by atomic mass is 10.1. The molecular weight excluding hydrogens is 408 g/mol. The van der Waals surface area contributed by atoms with Crippen molar-refractivity contribution in [1.82, 2.24) is 9.88 Å². The molecule has 1 aromatic heterocycles. The maximum atomic E-state index is 12.5. The molecule has 0 bridgehead atoms. The van der Waals surface area contributed by atoms with Gasteiger partial charge >= 0.3 is 0 Å². The molecular formula is C20H14N4O5S. The van der Waals surface area contributed by atoms with E-state index in [-0.39, 0.29) is 16.8 Å². The topological polar surface area (TPSA) is 123 Å². The summed E-state index contributed by atoms with van der Waals surface area (Å²) in [6, 6.07) is 10.5. The Kier molecular flexibility index (Phi) is 4.84. The molecule has 3 aromatic rings. The SMILES string of the molecule is Cc1nc(-c2ccc(NC(=O)CN3C(=O)c4ccc([N+](=O)[O-])cc4C3=O)cc2)cs1. The Balaban J connectivity index is 1.44. The molecule has 0 saturated heterocycles. The third kappa shape index (κ3) is 3.55. The van der Waals surface area contributed by atoms with Crippen molar-refractivity contribution in [2.24, 2.45) is 0 Å². The van der Waals surface area contributed by atoms with E-state index < -0.39 is 29.2 Å². The smallest absolute Gasteiger partial charge is 0.270 e. The highest BCUT2D eigenvalue weighted by Crippen LogP contribution is 2.27. The third-order valence-corrected chi connectivity index (χ3v) is 5.32. The summed E-state index contributed by atoms with van der Waals surface area (Å²) in [5, 5.41) is 16.4. The second-order valence-corrected chi connectivity index (χ2v) is 7.62. The molecule has 0 spiro atoms. The van der Waals surface area contributed by atoms with Crippen molar-refractivity contribution in [3.8, 4) is 11.3 Å². The molecule has 0 saturated carbocycles. The minimum Gasteiger partial charge on any atom is -0.325 e. The van der Waals surface area contributed by atoms with E-state index in [0.717, 1.165) is 33.3 Å². The van der Waals surface area contributed by atoms with Crippen LogP contribution in [0.2, 0.25) is 0 Å². The maximum Gasteiger partial charge on any atom is 0.270 e. The number of carbonyl (C=O) groups is 3. The molecule has 0 radical (unpaired) electrons. The molecule has 0 unspecified atom stereocenters. The number of benzene rings is 2. The van der Waals surface area contributed by atoms with Gasteiger partial charge in [-0.3, -0.25) is 29.4 Å². The van der Waals surface area contributed by atoms with Crippen LogP contribution in [-0.2, 0) is 4.79 Å². The van der Waals surface area contributed by atoms with E-state index >= 15 is 0 Å². The highest BCUT2D eigenvalue weighted by atomic mass is 32.1. The van der Waals surface area contributed by atoms with Crippen molar-refractivity contribution in [3.05, 3.63) is 74.1 Å². The lowest BCUT2D eigenvalue weighted by Gasteiger charge is -2.13. The summed E-state index contributed by atoms with van der Waals surface area (Å²) in [6.45, 7) is 1.42. The normalized spacial score (nSPS) is 12.8. The van der Waals surface area contributed by atoms with Gasteiger partial charge in [0, 0.05) is 28.8 Å². The van der Waals surface area contributed by atoms with Crippen molar-refractivity contribution in [1.29, 1.82) is 0 Å². The highest BCUT2D eigenvalue weighted by molar-refractivity contribution is 7.09. The van der Waals surface area contributed by atoms with E-state index in [9.17, 15) is 24.5 Å². The Morgan fingerprint density at radius 2 is 1.83 bits per heavy atom. The number of rotatable bonds is 5. The lowest BCUT2D eigenvalue weighted by Crippen LogP contribution is -2.37. The lowest BCUT2D eigenvalue weighted by molar-refractivity contribution is -0.384. The number of non-ortho nitro benzene ring substituents is 1. The molecule has 3 amide bonds. The van der Waals surface area contributed by atoms with Gasteiger partial charge in [0.15, 0.2) is 0 Å². The number of nitrogens with one attached hydrogen (secondary N) is 1. The molecule has 2 aromatic carbocycles. The summed E-state index contributed by atoms with van der Waals surface area (Å²) in [5.74, 6) is -1.95. The molecule has 2 heterocycles. The number of hydrogen-bond acceptors (Lipinski definition) is 7. The molecule has 0 aliphatic carbocycles. The van der Waals surface area contributed by atoms with Crippen LogP contribution in [0.3, 0.4) is 0 Å². The number of anilines is 1. The largest absolute Gasteiger partial charge is 0.325 e. The minimum atomic E-state index is -0.733. The van der Waals surface area contributed by atoms with Gasteiger partial charge in [-0.25, -0.2) is 4.98 Å². The Morgan fingerprint density at radius 3 is 2.47 bits per heavy atom. The van der Waals surface area contributed by atoms with Crippen molar-refractivity contribution in [3.63, 3.8) is 0 Å². The summed E-state index contributed by atoms with van der Waals surface area (Å²) >= 11 is 1.54. The van der Waals surface area contributed by atoms with Crippen LogP contribution in [0.5, 0.6) is 0 Å². The van der Waals surface area contributed by atoms with Gasteiger partial charge < -0.3 is 5.32 Å². The van der Waals surface area contributed by atoms with Crippen LogP contribution in [0.15, 0.2) is 47.8 Å². The van der Waals surface area contributed by atoms with Crippen LogP contribution in [-0.4, -0.2) is 39.1 Å². The fraction of sp³-hybridized carbons (Fsp3) is 0.100. The molecule has 30 heavy (non-hydrogen) atoms. The average molecular weight is 422 g/mol. The van der Waals surface area contributed by atoms with Gasteiger partial charge in [-0.05, 0) is 25.1 Å². The van der Waals surface area contributed by atoms with Gasteiger partial charge in [-0.2, -0.15) is 0 Å². The Morgan fingerprint density at radius 1 is 1.13 bits per heavy atom. The highest BCUT2D eigenvalue weighted by Gasteiger charge is 2.37. The van der Waals surface area contributed by atoms with Gasteiger partial charge in [0.05, 0.1) is 26.8 Å². The maximum absolute atomic E-state index is 12.5. The van der Waals surface area contributed by atoms with Crippen molar-refractivity contribution < 1.29 is 19.3 Å². The standard InChI is InChI=1S/C20H14N4O5S/c1-11-21-17(10-30-11)12-2-4-13(5-3-12)22-18(25)9-23-19(26)15-7-6-14(24(28)29)8-16(15)20(23)27/h2-8,10H,9H2,1H3,(H,22,25). The summed E-state index contributed by atoms with van der Waals surface area (Å²) in [5.41, 5.74) is 1.92. The van der Waals surface area contributed by atoms with Crippen molar-refractivity contribution in [2.45, 2.75) is 6.92 Å². The van der Waals surface area contributed by atoms with Crippen LogP contribution >= 0.6 is 11.3 Å². The van der Waals surface area contributed by atoms with Gasteiger partial charge in [0.2, 0.25) is 5.91 Å². The zero-order valence-electron chi connectivity index (χ0n) is 15.6. The number of amides is 3. The first-order valence-electron chi connectivity index (χ1n) is 8.80. The Hall–Kier alpha value is -3.92. The summed E-state index contributed by atoms with van der Waals surface area (Å²) < 4.78 is 0. The zero-order chi connectivity index (χ0) is 21.4. The van der Waals surface area contributed by atoms with E-state index in [0.29, 0.717) is 5.69 Å². The monoisotopic (exact) mass is 422 g/mol. The molecule has 4 rings (SSSR count). The molecule has 1 N–H and O–H groups in total. The minimum absolute atomic E-state index is 0.0429. The number of aryl methyl sites for hydroxylation is 1. The van der Waals surface area contributed by atoms with E-state index in [4.69, 9.17) is 0 Å². The zero-order valence-corrected chi connectivity index (χ0v) is 16.4. The van der Waals surface area contributed by atoms with Crippen molar-refractivity contribution >= 4 is 40.4 Å². The molecule has 0 fully saturated rings. The van der Waals surface area contributed by atoms with Gasteiger partial charge in [0.25, 0.3) is 17.5 Å². The number of imide groups is 1. The average Bonchev–Trinajstić information content (AvgIpc) is 3.25. The van der Waals surface area contributed by atoms with E-state index in [1.165, 1.54) is 6.07 Å². The first-order valence-corrected chi connectivity index (χ1v) is 9.68. The number of nitrogens with zero attached hydrogens (tertiary/aromatic N) is 3. The van der Waals surface area contributed by atoms with Gasteiger partial charge in [-0.15, -0.1) is 11.3 Å². The van der Waals surface area contributed by atoms with E-state index in [1.807, 2.05) is 24.4 Å². The first kappa shape index (κ1) is 19.4. The molecule has 9 nitrogen and oxygen atoms in total. The number of thiazole rings is 1. The Bertz CT molecular complexity index is 1200. The third-order valence-electron chi connectivity index (χ3n) is 4.55. The summed E-state index contributed by atoms with van der Waals surface area (Å²) in [7, 11) is 0. The number of nitro groups is 1. The van der Waals surface area contributed by atoms with Crippen LogP contribution in [0, 0.1) is 17.0 Å². The van der Waals surface area contributed by atoms with Crippen LogP contribution < -0.4 is 5.32 Å². The molecule has 1 aliphatic rings. The van der Waals surface area contributed by atoms with Crippen LogP contribution in [0.1, 0.15) is 25.7 Å². The molecule has 150 valence electrons. The van der Waals surface area contributed by atoms with Crippen LogP contribution in [0.25, 0.3) is 11.3 Å². The number of nitro benzene ring substituents is 1. The fourth-order valence-electron chi connectivity index (χ4n) is 3.10. The predicted molar refractivity (Wildman–Crippen MR) is 109 cm³/mol. The number of carbonyl (C=O) groups excluding carboxylic acids is 3. The molecule has 10 heteroatoms. The second kappa shape index (κ2) is 7.48. The summed E-state index contributed by atoms with van der Waals surface area (Å²) in [6.07, 6.45) is 0. The van der Waals surface area contributed by atoms with E-state index in [1.54, 1.807) is 23.5 Å². The van der Waals surface area contributed by atoms with Crippen LogP contribution in [0.4, 0.5) is 11.4 Å². The fourth-order valence-corrected chi connectivity index (χ4v) is 3.72. The Labute approximate surface area is 174 Å². The van der Waals surface area contributed by atoms with Gasteiger partial charge in [0.1, 0.15) is 6.54 Å². The number of aromatic nitrogens is 1. The predicted octanol–water partition coefficient (Wildman–Crippen LogP) is 3.26. The summed E-state index contributed by atoms with van der Waals surface area (Å²) in [4.78, 5) is 52.7. The first-order chi connectivity index (χ1) is 14.3. The number of hydrogen-bond donors (Lipinski definition) is 1. The van der Waals surface area contributed by atoms with E-state index in [2.05, 4.69) is 10.3 Å². The number of fused-ring (bicyclic) bond motifs is 1. The molecule has 1 aliphatic heterocycles.